The monoisotopic (exact) mass is 166 g/mol. The molecule has 0 aliphatic carbocycles. The zero-order valence-electron chi connectivity index (χ0n) is 5.52. The molecule has 0 bridgehead atoms. The van der Waals surface area contributed by atoms with Crippen molar-refractivity contribution in [1.82, 2.24) is 0 Å². The van der Waals surface area contributed by atoms with E-state index in [4.69, 9.17) is 11.6 Å². The quantitative estimate of drug-likeness (QED) is 0.459. The molecule has 0 aliphatic heterocycles. The minimum atomic E-state index is 0.245. The molecule has 0 N–H and O–H groups in total. The van der Waals surface area contributed by atoms with Crippen LogP contribution in [-0.4, -0.2) is 23.2 Å². The third kappa shape index (κ3) is 8.31. The van der Waals surface area contributed by atoms with Gasteiger partial charge in [0.1, 0.15) is 5.78 Å². The van der Waals surface area contributed by atoms with Crippen LogP contribution >= 0.6 is 23.4 Å². The molecule has 54 valence electrons. The summed E-state index contributed by atoms with van der Waals surface area (Å²) in [4.78, 5) is 10.4. The number of rotatable bonds is 5. The standard InChI is InChI=1S/C6H11ClOS/c1-6(8)5-9-4-2-3-7/h2-5H2,1H3. The molecule has 0 rings (SSSR count). The lowest BCUT2D eigenvalue weighted by Crippen LogP contribution is -1.94. The van der Waals surface area contributed by atoms with Gasteiger partial charge in [-0.3, -0.25) is 4.79 Å². The Morgan fingerprint density at radius 1 is 1.67 bits per heavy atom. The van der Waals surface area contributed by atoms with Crippen molar-refractivity contribution in [2.24, 2.45) is 0 Å². The van der Waals surface area contributed by atoms with Crippen molar-refractivity contribution in [3.8, 4) is 0 Å². The van der Waals surface area contributed by atoms with Crippen LogP contribution in [0.2, 0.25) is 0 Å². The minimum absolute atomic E-state index is 0.245. The van der Waals surface area contributed by atoms with Crippen molar-refractivity contribution in [2.75, 3.05) is 17.4 Å². The summed E-state index contributed by atoms with van der Waals surface area (Å²) in [6, 6.07) is 0. The summed E-state index contributed by atoms with van der Waals surface area (Å²) in [5, 5.41) is 0. The number of ketones is 1. The Kier molecular flexibility index (Phi) is 6.65. The Hall–Kier alpha value is 0.310. The van der Waals surface area contributed by atoms with Crippen molar-refractivity contribution < 1.29 is 4.79 Å². The Morgan fingerprint density at radius 2 is 2.33 bits per heavy atom. The summed E-state index contributed by atoms with van der Waals surface area (Å²) in [5.74, 6) is 2.58. The Labute approximate surface area is 65.2 Å². The zero-order valence-corrected chi connectivity index (χ0v) is 7.10. The molecule has 0 saturated carbocycles. The summed E-state index contributed by atoms with van der Waals surface area (Å²) in [6.07, 6.45) is 1.000. The fourth-order valence-corrected chi connectivity index (χ4v) is 1.44. The molecule has 0 spiro atoms. The first kappa shape index (κ1) is 9.31. The van der Waals surface area contributed by atoms with E-state index in [0.29, 0.717) is 11.6 Å². The van der Waals surface area contributed by atoms with Crippen LogP contribution in [0.1, 0.15) is 13.3 Å². The fourth-order valence-electron chi connectivity index (χ4n) is 0.373. The second-order valence-corrected chi connectivity index (χ2v) is 3.28. The molecule has 0 fully saturated rings. The Morgan fingerprint density at radius 3 is 2.78 bits per heavy atom. The van der Waals surface area contributed by atoms with E-state index < -0.39 is 0 Å². The van der Waals surface area contributed by atoms with Gasteiger partial charge in [-0.15, -0.1) is 11.6 Å². The SMILES string of the molecule is CC(=O)CSCCCCl. The number of alkyl halides is 1. The van der Waals surface area contributed by atoms with E-state index in [1.807, 2.05) is 0 Å². The number of carbonyl (C=O) groups excluding carboxylic acids is 1. The highest BCUT2D eigenvalue weighted by atomic mass is 35.5. The van der Waals surface area contributed by atoms with Gasteiger partial charge >= 0.3 is 0 Å². The number of thioether (sulfide) groups is 1. The number of halogens is 1. The molecule has 0 aliphatic rings. The minimum Gasteiger partial charge on any atom is -0.299 e. The van der Waals surface area contributed by atoms with Crippen LogP contribution < -0.4 is 0 Å². The first-order chi connectivity index (χ1) is 4.27. The highest BCUT2D eigenvalue weighted by Crippen LogP contribution is 2.02. The molecule has 0 atom stereocenters. The predicted molar refractivity (Wildman–Crippen MR) is 43.3 cm³/mol. The molecule has 0 heterocycles. The van der Waals surface area contributed by atoms with E-state index >= 15 is 0 Å². The van der Waals surface area contributed by atoms with Gasteiger partial charge in [0.15, 0.2) is 0 Å². The summed E-state index contributed by atoms with van der Waals surface area (Å²) < 4.78 is 0. The summed E-state index contributed by atoms with van der Waals surface area (Å²) >= 11 is 7.07. The van der Waals surface area contributed by atoms with Crippen LogP contribution in [0.3, 0.4) is 0 Å². The van der Waals surface area contributed by atoms with Crippen LogP contribution in [0.15, 0.2) is 0 Å². The average molecular weight is 167 g/mol. The van der Waals surface area contributed by atoms with Crippen molar-refractivity contribution in [3.63, 3.8) is 0 Å². The van der Waals surface area contributed by atoms with Crippen molar-refractivity contribution in [1.29, 1.82) is 0 Å². The van der Waals surface area contributed by atoms with Crippen LogP contribution in [-0.2, 0) is 4.79 Å². The van der Waals surface area contributed by atoms with Gasteiger partial charge in [0, 0.05) is 5.88 Å². The van der Waals surface area contributed by atoms with E-state index in [2.05, 4.69) is 0 Å². The van der Waals surface area contributed by atoms with Gasteiger partial charge in [-0.2, -0.15) is 11.8 Å². The molecular formula is C6H11ClOS. The maximum absolute atomic E-state index is 10.4. The van der Waals surface area contributed by atoms with Gasteiger partial charge in [-0.05, 0) is 19.1 Å². The molecular weight excluding hydrogens is 156 g/mol. The molecule has 0 saturated heterocycles. The van der Waals surface area contributed by atoms with Crippen molar-refractivity contribution >= 4 is 29.1 Å². The maximum Gasteiger partial charge on any atom is 0.139 e. The predicted octanol–water partition coefficient (Wildman–Crippen LogP) is 1.94. The third-order valence-corrected chi connectivity index (χ3v) is 2.18. The number of hydrogen-bond donors (Lipinski definition) is 0. The normalized spacial score (nSPS) is 9.56. The first-order valence-electron chi connectivity index (χ1n) is 2.90. The van der Waals surface area contributed by atoms with Gasteiger partial charge in [0.05, 0.1) is 5.75 Å². The van der Waals surface area contributed by atoms with Gasteiger partial charge in [0.2, 0.25) is 0 Å². The van der Waals surface area contributed by atoms with Gasteiger partial charge in [0.25, 0.3) is 0 Å². The Balaban J connectivity index is 2.83. The van der Waals surface area contributed by atoms with Crippen molar-refractivity contribution in [2.45, 2.75) is 13.3 Å². The summed E-state index contributed by atoms with van der Waals surface area (Å²) in [6.45, 7) is 1.60. The van der Waals surface area contributed by atoms with E-state index in [1.54, 1.807) is 18.7 Å². The molecule has 0 aromatic rings. The van der Waals surface area contributed by atoms with Crippen LogP contribution in [0, 0.1) is 0 Å². The maximum atomic E-state index is 10.4. The van der Waals surface area contributed by atoms with Crippen LogP contribution in [0.5, 0.6) is 0 Å². The highest BCUT2D eigenvalue weighted by molar-refractivity contribution is 7.99. The lowest BCUT2D eigenvalue weighted by Gasteiger charge is -1.93. The van der Waals surface area contributed by atoms with Gasteiger partial charge < -0.3 is 0 Å². The molecule has 0 unspecified atom stereocenters. The second-order valence-electron chi connectivity index (χ2n) is 1.80. The topological polar surface area (TPSA) is 17.1 Å². The van der Waals surface area contributed by atoms with Gasteiger partial charge in [-0.25, -0.2) is 0 Å². The largest absolute Gasteiger partial charge is 0.299 e. The lowest BCUT2D eigenvalue weighted by molar-refractivity contribution is -0.114. The number of Topliss-reactive ketones (excluding diaryl/α,β-unsaturated/α-hetero) is 1. The van der Waals surface area contributed by atoms with Gasteiger partial charge in [-0.1, -0.05) is 0 Å². The molecule has 1 nitrogen and oxygen atoms in total. The van der Waals surface area contributed by atoms with Crippen LogP contribution in [0.4, 0.5) is 0 Å². The molecule has 3 heteroatoms. The van der Waals surface area contributed by atoms with Crippen molar-refractivity contribution in [3.05, 3.63) is 0 Å². The first-order valence-corrected chi connectivity index (χ1v) is 4.59. The van der Waals surface area contributed by atoms with E-state index in [0.717, 1.165) is 12.2 Å². The summed E-state index contributed by atoms with van der Waals surface area (Å²) in [7, 11) is 0. The Bertz CT molecular complexity index is 85.1. The van der Waals surface area contributed by atoms with E-state index in [9.17, 15) is 4.79 Å². The lowest BCUT2D eigenvalue weighted by atomic mass is 10.5. The molecule has 0 aromatic heterocycles. The van der Waals surface area contributed by atoms with E-state index in [-0.39, 0.29) is 5.78 Å². The number of carbonyl (C=O) groups is 1. The van der Waals surface area contributed by atoms with Crippen LogP contribution in [0.25, 0.3) is 0 Å². The molecule has 0 amide bonds. The summed E-state index contributed by atoms with van der Waals surface area (Å²) in [5.41, 5.74) is 0. The molecule has 0 aromatic carbocycles. The fraction of sp³-hybridized carbons (Fsp3) is 0.833. The average Bonchev–Trinajstić information content (AvgIpc) is 1.80. The van der Waals surface area contributed by atoms with E-state index in [1.165, 1.54) is 0 Å². The smallest absolute Gasteiger partial charge is 0.139 e. The molecule has 0 radical (unpaired) electrons. The highest BCUT2D eigenvalue weighted by Gasteiger charge is 1.91. The zero-order chi connectivity index (χ0) is 7.11. The number of hydrogen-bond acceptors (Lipinski definition) is 2. The second kappa shape index (κ2) is 6.43. The third-order valence-electron chi connectivity index (χ3n) is 0.728. The molecule has 9 heavy (non-hydrogen) atoms.